The standard InChI is InChI=1S/C10H13FN4/c1-5(2)9-6(3)8(11)7-4-13-10(12)14-15(7)9/h4-5H,1-3H3,(H2,12,14). The molecule has 4 nitrogen and oxygen atoms in total. The van der Waals surface area contributed by atoms with Crippen LogP contribution >= 0.6 is 0 Å². The number of fused-ring (bicyclic) bond motifs is 1. The van der Waals surface area contributed by atoms with E-state index in [1.807, 2.05) is 13.8 Å². The molecule has 2 aromatic rings. The van der Waals surface area contributed by atoms with Crippen molar-refractivity contribution >= 4 is 11.5 Å². The molecule has 0 aliphatic rings. The van der Waals surface area contributed by atoms with Gasteiger partial charge in [0.05, 0.1) is 11.9 Å². The first kappa shape index (κ1) is 9.89. The van der Waals surface area contributed by atoms with Crippen LogP contribution in [0.15, 0.2) is 6.20 Å². The molecule has 0 spiro atoms. The fraction of sp³-hybridized carbons (Fsp3) is 0.400. The number of aromatic nitrogens is 3. The van der Waals surface area contributed by atoms with Gasteiger partial charge < -0.3 is 5.73 Å². The summed E-state index contributed by atoms with van der Waals surface area (Å²) >= 11 is 0. The van der Waals surface area contributed by atoms with Crippen LogP contribution in [0.2, 0.25) is 0 Å². The van der Waals surface area contributed by atoms with Crippen LogP contribution < -0.4 is 5.73 Å². The number of hydrogen-bond acceptors (Lipinski definition) is 3. The second kappa shape index (κ2) is 3.18. The van der Waals surface area contributed by atoms with E-state index in [4.69, 9.17) is 5.73 Å². The van der Waals surface area contributed by atoms with E-state index in [1.54, 1.807) is 6.92 Å². The summed E-state index contributed by atoms with van der Waals surface area (Å²) in [5.74, 6) is 0.0781. The zero-order valence-corrected chi connectivity index (χ0v) is 8.95. The average Bonchev–Trinajstić information content (AvgIpc) is 2.39. The average molecular weight is 208 g/mol. The molecule has 0 atom stereocenters. The van der Waals surface area contributed by atoms with Crippen LogP contribution in [0.1, 0.15) is 31.0 Å². The predicted octanol–water partition coefficient (Wildman–Crippen LogP) is 1.88. The summed E-state index contributed by atoms with van der Waals surface area (Å²) in [7, 11) is 0. The van der Waals surface area contributed by atoms with Gasteiger partial charge in [-0.2, -0.15) is 0 Å². The Morgan fingerprint density at radius 1 is 1.47 bits per heavy atom. The minimum atomic E-state index is -0.265. The van der Waals surface area contributed by atoms with E-state index in [1.165, 1.54) is 10.7 Å². The summed E-state index contributed by atoms with van der Waals surface area (Å²) in [6, 6.07) is 0. The SMILES string of the molecule is Cc1c(F)c2cnc(N)nn2c1C(C)C. The molecular formula is C10H13FN4. The van der Waals surface area contributed by atoms with E-state index >= 15 is 0 Å². The van der Waals surface area contributed by atoms with Gasteiger partial charge in [0.25, 0.3) is 0 Å². The van der Waals surface area contributed by atoms with Crippen molar-refractivity contribution in [1.29, 1.82) is 0 Å². The van der Waals surface area contributed by atoms with Gasteiger partial charge in [0.1, 0.15) is 5.52 Å². The van der Waals surface area contributed by atoms with Gasteiger partial charge in [-0.1, -0.05) is 13.8 Å². The van der Waals surface area contributed by atoms with E-state index in [0.717, 1.165) is 5.69 Å². The Balaban J connectivity index is 2.88. The molecule has 2 heterocycles. The molecule has 0 radical (unpaired) electrons. The van der Waals surface area contributed by atoms with Gasteiger partial charge in [-0.25, -0.2) is 13.9 Å². The summed E-state index contributed by atoms with van der Waals surface area (Å²) in [5.41, 5.74) is 7.33. The summed E-state index contributed by atoms with van der Waals surface area (Å²) in [6.45, 7) is 5.73. The van der Waals surface area contributed by atoms with Crippen LogP contribution in [-0.2, 0) is 0 Å². The number of nitrogens with two attached hydrogens (primary N) is 1. The fourth-order valence-corrected chi connectivity index (χ4v) is 1.84. The zero-order valence-electron chi connectivity index (χ0n) is 8.95. The topological polar surface area (TPSA) is 56.2 Å². The van der Waals surface area contributed by atoms with Crippen molar-refractivity contribution in [2.45, 2.75) is 26.7 Å². The number of anilines is 1. The first-order valence-corrected chi connectivity index (χ1v) is 4.81. The van der Waals surface area contributed by atoms with Crippen molar-refractivity contribution < 1.29 is 4.39 Å². The van der Waals surface area contributed by atoms with Gasteiger partial charge in [-0.05, 0) is 12.8 Å². The second-order valence-electron chi connectivity index (χ2n) is 3.89. The van der Waals surface area contributed by atoms with Gasteiger partial charge in [-0.15, -0.1) is 5.10 Å². The Bertz CT molecular complexity index is 516. The molecule has 0 aliphatic carbocycles. The van der Waals surface area contributed by atoms with Crippen molar-refractivity contribution in [3.8, 4) is 0 Å². The summed E-state index contributed by atoms with van der Waals surface area (Å²) in [6.07, 6.45) is 1.41. The van der Waals surface area contributed by atoms with Crippen LogP contribution in [0.5, 0.6) is 0 Å². The quantitative estimate of drug-likeness (QED) is 0.778. The molecule has 80 valence electrons. The van der Waals surface area contributed by atoms with Crippen molar-refractivity contribution in [2.24, 2.45) is 0 Å². The Labute approximate surface area is 86.9 Å². The maximum absolute atomic E-state index is 13.8. The molecule has 2 rings (SSSR count). The van der Waals surface area contributed by atoms with Crippen molar-refractivity contribution in [3.05, 3.63) is 23.3 Å². The van der Waals surface area contributed by atoms with E-state index in [2.05, 4.69) is 10.1 Å². The lowest BCUT2D eigenvalue weighted by molar-refractivity contribution is 0.629. The molecule has 15 heavy (non-hydrogen) atoms. The first-order valence-electron chi connectivity index (χ1n) is 4.81. The highest BCUT2D eigenvalue weighted by molar-refractivity contribution is 5.53. The minimum Gasteiger partial charge on any atom is -0.367 e. The Kier molecular flexibility index (Phi) is 2.10. The van der Waals surface area contributed by atoms with Gasteiger partial charge >= 0.3 is 0 Å². The fourth-order valence-electron chi connectivity index (χ4n) is 1.84. The number of nitrogens with zero attached hydrogens (tertiary/aromatic N) is 3. The highest BCUT2D eigenvalue weighted by Crippen LogP contribution is 2.26. The van der Waals surface area contributed by atoms with Gasteiger partial charge in [0.15, 0.2) is 5.82 Å². The van der Waals surface area contributed by atoms with Gasteiger partial charge in [0, 0.05) is 5.56 Å². The van der Waals surface area contributed by atoms with Crippen molar-refractivity contribution in [3.63, 3.8) is 0 Å². The van der Waals surface area contributed by atoms with Crippen LogP contribution in [-0.4, -0.2) is 14.6 Å². The maximum atomic E-state index is 13.8. The van der Waals surface area contributed by atoms with E-state index in [0.29, 0.717) is 11.1 Å². The normalized spacial score (nSPS) is 11.5. The van der Waals surface area contributed by atoms with E-state index in [-0.39, 0.29) is 17.7 Å². The van der Waals surface area contributed by atoms with E-state index < -0.39 is 0 Å². The number of rotatable bonds is 1. The molecule has 0 saturated heterocycles. The second-order valence-corrected chi connectivity index (χ2v) is 3.89. The molecule has 2 aromatic heterocycles. The third-order valence-electron chi connectivity index (χ3n) is 2.46. The minimum absolute atomic E-state index is 0.152. The lowest BCUT2D eigenvalue weighted by atomic mass is 10.1. The monoisotopic (exact) mass is 208 g/mol. The van der Waals surface area contributed by atoms with Crippen LogP contribution in [0.25, 0.3) is 5.52 Å². The zero-order chi connectivity index (χ0) is 11.2. The third kappa shape index (κ3) is 1.35. The van der Waals surface area contributed by atoms with E-state index in [9.17, 15) is 4.39 Å². The molecule has 5 heteroatoms. The molecular weight excluding hydrogens is 195 g/mol. The molecule has 0 bridgehead atoms. The van der Waals surface area contributed by atoms with Crippen LogP contribution in [0.4, 0.5) is 10.3 Å². The molecule has 2 N–H and O–H groups in total. The Hall–Kier alpha value is -1.65. The maximum Gasteiger partial charge on any atom is 0.238 e. The van der Waals surface area contributed by atoms with Crippen molar-refractivity contribution in [1.82, 2.24) is 14.6 Å². The molecule has 0 unspecified atom stereocenters. The van der Waals surface area contributed by atoms with Crippen LogP contribution in [0, 0.1) is 12.7 Å². The van der Waals surface area contributed by atoms with Crippen LogP contribution in [0.3, 0.4) is 0 Å². The molecule has 0 fully saturated rings. The summed E-state index contributed by atoms with van der Waals surface area (Å²) < 4.78 is 15.3. The third-order valence-corrected chi connectivity index (χ3v) is 2.46. The summed E-state index contributed by atoms with van der Waals surface area (Å²) in [5, 5.41) is 4.02. The highest BCUT2D eigenvalue weighted by atomic mass is 19.1. The molecule has 0 aliphatic heterocycles. The number of halogens is 1. The predicted molar refractivity (Wildman–Crippen MR) is 56.2 cm³/mol. The summed E-state index contributed by atoms with van der Waals surface area (Å²) in [4.78, 5) is 3.79. The molecule has 0 aromatic carbocycles. The largest absolute Gasteiger partial charge is 0.367 e. The first-order chi connectivity index (χ1) is 7.02. The van der Waals surface area contributed by atoms with Gasteiger partial charge in [-0.3, -0.25) is 0 Å². The smallest absolute Gasteiger partial charge is 0.238 e. The van der Waals surface area contributed by atoms with Gasteiger partial charge in [0.2, 0.25) is 5.95 Å². The number of nitrogen functional groups attached to an aromatic ring is 1. The molecule has 0 saturated carbocycles. The highest BCUT2D eigenvalue weighted by Gasteiger charge is 2.18. The van der Waals surface area contributed by atoms with Crippen molar-refractivity contribution in [2.75, 3.05) is 5.73 Å². The Morgan fingerprint density at radius 3 is 2.73 bits per heavy atom. The lowest BCUT2D eigenvalue weighted by Gasteiger charge is -2.06. The Morgan fingerprint density at radius 2 is 2.13 bits per heavy atom. The lowest BCUT2D eigenvalue weighted by Crippen LogP contribution is -2.04. The number of hydrogen-bond donors (Lipinski definition) is 1. The molecule has 0 amide bonds.